The maximum Gasteiger partial charge on any atom is 0.389 e. The largest absolute Gasteiger partial charge is 0.476 e. The van der Waals surface area contributed by atoms with Gasteiger partial charge in [-0.2, -0.15) is 13.2 Å². The van der Waals surface area contributed by atoms with Crippen LogP contribution in [0.4, 0.5) is 13.2 Å². The number of nitrogens with zero attached hydrogens (tertiary/aromatic N) is 1. The number of hydrogen-bond acceptors (Lipinski definition) is 4. The Morgan fingerprint density at radius 1 is 1.37 bits per heavy atom. The summed E-state index contributed by atoms with van der Waals surface area (Å²) in [4.78, 5) is 25.6. The number of halogens is 3. The lowest BCUT2D eigenvalue weighted by Crippen LogP contribution is -2.24. The van der Waals surface area contributed by atoms with Crippen LogP contribution in [0, 0.1) is 0 Å². The number of nitrogens with one attached hydrogen (secondary N) is 1. The zero-order valence-electron chi connectivity index (χ0n) is 9.66. The molecule has 106 valence electrons. The van der Waals surface area contributed by atoms with Crippen molar-refractivity contribution in [2.24, 2.45) is 0 Å². The minimum atomic E-state index is -4.18. The van der Waals surface area contributed by atoms with Gasteiger partial charge in [-0.1, -0.05) is 0 Å². The van der Waals surface area contributed by atoms with Gasteiger partial charge in [0.2, 0.25) is 0 Å². The summed E-state index contributed by atoms with van der Waals surface area (Å²) in [5.41, 5.74) is -0.229. The van der Waals surface area contributed by atoms with Crippen molar-refractivity contribution in [2.45, 2.75) is 25.4 Å². The molecule has 0 unspecified atom stereocenters. The third-order valence-electron chi connectivity index (χ3n) is 2.09. The summed E-state index contributed by atoms with van der Waals surface area (Å²) in [6, 6.07) is 0. The average Bonchev–Trinajstić information content (AvgIpc) is 2.76. The highest BCUT2D eigenvalue weighted by Gasteiger charge is 2.25. The third-order valence-corrected chi connectivity index (χ3v) is 2.93. The summed E-state index contributed by atoms with van der Waals surface area (Å²) in [6.07, 6.45) is -4.94. The van der Waals surface area contributed by atoms with E-state index in [1.165, 1.54) is 5.38 Å². The van der Waals surface area contributed by atoms with Crippen LogP contribution in [0.5, 0.6) is 0 Å². The Balaban J connectivity index is 2.29. The number of aromatic carboxylic acids is 1. The van der Waals surface area contributed by atoms with E-state index in [2.05, 4.69) is 10.3 Å². The SMILES string of the molecule is O=C(O)c1csc(C(=O)NCCCCC(F)(F)F)n1. The molecule has 0 aliphatic rings. The normalized spacial score (nSPS) is 11.3. The molecule has 0 radical (unpaired) electrons. The van der Waals surface area contributed by atoms with Crippen LogP contribution in [-0.2, 0) is 0 Å². The van der Waals surface area contributed by atoms with E-state index in [0.717, 1.165) is 11.3 Å². The Morgan fingerprint density at radius 3 is 2.58 bits per heavy atom. The monoisotopic (exact) mass is 296 g/mol. The number of amides is 1. The Kier molecular flexibility index (Phi) is 5.28. The number of aromatic nitrogens is 1. The van der Waals surface area contributed by atoms with Gasteiger partial charge in [0.25, 0.3) is 5.91 Å². The van der Waals surface area contributed by atoms with Crippen LogP contribution in [0.1, 0.15) is 39.6 Å². The second kappa shape index (κ2) is 6.50. The lowest BCUT2D eigenvalue weighted by molar-refractivity contribution is -0.135. The summed E-state index contributed by atoms with van der Waals surface area (Å²) in [6.45, 7) is 0.0941. The summed E-state index contributed by atoms with van der Waals surface area (Å²) in [7, 11) is 0. The van der Waals surface area contributed by atoms with Gasteiger partial charge >= 0.3 is 12.1 Å². The maximum atomic E-state index is 11.8. The summed E-state index contributed by atoms with van der Waals surface area (Å²) >= 11 is 0.870. The van der Waals surface area contributed by atoms with Gasteiger partial charge in [0.15, 0.2) is 10.7 Å². The standard InChI is InChI=1S/C10H11F3N2O3S/c11-10(12,13)3-1-2-4-14-7(16)8-15-6(5-19-8)9(17)18/h5H,1-4H2,(H,14,16)(H,17,18). The fraction of sp³-hybridized carbons (Fsp3) is 0.500. The Labute approximate surface area is 110 Å². The predicted molar refractivity (Wildman–Crippen MR) is 61.3 cm³/mol. The molecule has 1 rings (SSSR count). The summed E-state index contributed by atoms with van der Waals surface area (Å²) < 4.78 is 35.5. The van der Waals surface area contributed by atoms with Crippen molar-refractivity contribution in [3.63, 3.8) is 0 Å². The highest BCUT2D eigenvalue weighted by atomic mass is 32.1. The number of carboxylic acids is 1. The molecule has 1 aromatic heterocycles. The Bertz CT molecular complexity index is 459. The second-order valence-corrected chi connectivity index (χ2v) is 4.53. The van der Waals surface area contributed by atoms with E-state index in [-0.39, 0.29) is 30.1 Å². The molecule has 0 aliphatic heterocycles. The molecule has 0 saturated carbocycles. The van der Waals surface area contributed by atoms with E-state index >= 15 is 0 Å². The van der Waals surface area contributed by atoms with Crippen LogP contribution >= 0.6 is 11.3 Å². The number of alkyl halides is 3. The first-order valence-electron chi connectivity index (χ1n) is 5.33. The molecular weight excluding hydrogens is 285 g/mol. The second-order valence-electron chi connectivity index (χ2n) is 3.67. The predicted octanol–water partition coefficient (Wildman–Crippen LogP) is 2.30. The maximum absolute atomic E-state index is 11.8. The Hall–Kier alpha value is -1.64. The minimum Gasteiger partial charge on any atom is -0.476 e. The topological polar surface area (TPSA) is 79.3 Å². The van der Waals surface area contributed by atoms with Crippen molar-refractivity contribution in [1.29, 1.82) is 0 Å². The molecule has 0 fully saturated rings. The number of unbranched alkanes of at least 4 members (excludes halogenated alkanes) is 1. The molecular formula is C10H11F3N2O3S. The molecule has 0 aliphatic carbocycles. The fourth-order valence-electron chi connectivity index (χ4n) is 1.20. The lowest BCUT2D eigenvalue weighted by atomic mass is 10.2. The van der Waals surface area contributed by atoms with Crippen LogP contribution in [0.3, 0.4) is 0 Å². The van der Waals surface area contributed by atoms with E-state index in [4.69, 9.17) is 5.11 Å². The van der Waals surface area contributed by atoms with E-state index < -0.39 is 24.5 Å². The number of carboxylic acid groups (broad SMARTS) is 1. The van der Waals surface area contributed by atoms with E-state index in [9.17, 15) is 22.8 Å². The number of carbonyl (C=O) groups is 2. The van der Waals surface area contributed by atoms with Gasteiger partial charge < -0.3 is 10.4 Å². The quantitative estimate of drug-likeness (QED) is 0.789. The van der Waals surface area contributed by atoms with Crippen molar-refractivity contribution in [2.75, 3.05) is 6.54 Å². The van der Waals surface area contributed by atoms with Gasteiger partial charge in [-0.15, -0.1) is 11.3 Å². The van der Waals surface area contributed by atoms with Gasteiger partial charge in [-0.3, -0.25) is 4.79 Å². The first kappa shape index (κ1) is 15.4. The van der Waals surface area contributed by atoms with E-state index in [1.807, 2.05) is 0 Å². The van der Waals surface area contributed by atoms with Crippen LogP contribution in [0.15, 0.2) is 5.38 Å². The molecule has 5 nitrogen and oxygen atoms in total. The van der Waals surface area contributed by atoms with Gasteiger partial charge in [0, 0.05) is 18.3 Å². The molecule has 0 atom stereocenters. The van der Waals surface area contributed by atoms with Crippen molar-refractivity contribution < 1.29 is 27.9 Å². The van der Waals surface area contributed by atoms with Crippen molar-refractivity contribution in [1.82, 2.24) is 10.3 Å². The molecule has 0 aromatic carbocycles. The van der Waals surface area contributed by atoms with Crippen molar-refractivity contribution in [3.05, 3.63) is 16.1 Å². The highest BCUT2D eigenvalue weighted by Crippen LogP contribution is 2.21. The van der Waals surface area contributed by atoms with Crippen LogP contribution in [0.2, 0.25) is 0 Å². The Morgan fingerprint density at radius 2 is 2.05 bits per heavy atom. The van der Waals surface area contributed by atoms with Gasteiger partial charge in [0.05, 0.1) is 0 Å². The van der Waals surface area contributed by atoms with Gasteiger partial charge in [-0.25, -0.2) is 9.78 Å². The molecule has 0 bridgehead atoms. The van der Waals surface area contributed by atoms with E-state index in [1.54, 1.807) is 0 Å². The summed E-state index contributed by atoms with van der Waals surface area (Å²) in [5, 5.41) is 12.2. The third kappa shape index (κ3) is 5.69. The van der Waals surface area contributed by atoms with Crippen LogP contribution < -0.4 is 5.32 Å². The van der Waals surface area contributed by atoms with Gasteiger partial charge in [-0.05, 0) is 12.8 Å². The van der Waals surface area contributed by atoms with Crippen molar-refractivity contribution in [3.8, 4) is 0 Å². The van der Waals surface area contributed by atoms with Gasteiger partial charge in [0.1, 0.15) is 0 Å². The highest BCUT2D eigenvalue weighted by molar-refractivity contribution is 7.11. The molecule has 2 N–H and O–H groups in total. The van der Waals surface area contributed by atoms with Crippen molar-refractivity contribution >= 4 is 23.2 Å². The first-order valence-corrected chi connectivity index (χ1v) is 6.21. The van der Waals surface area contributed by atoms with E-state index in [0.29, 0.717) is 0 Å². The molecule has 19 heavy (non-hydrogen) atoms. The minimum absolute atomic E-state index is 0.0202. The summed E-state index contributed by atoms with van der Waals surface area (Å²) in [5.74, 6) is -1.81. The molecule has 0 spiro atoms. The molecule has 1 aromatic rings. The fourth-order valence-corrected chi connectivity index (χ4v) is 1.91. The first-order chi connectivity index (χ1) is 8.79. The number of rotatable bonds is 6. The number of hydrogen-bond donors (Lipinski definition) is 2. The molecule has 0 saturated heterocycles. The molecule has 9 heteroatoms. The lowest BCUT2D eigenvalue weighted by Gasteiger charge is -2.06. The zero-order valence-corrected chi connectivity index (χ0v) is 10.5. The van der Waals surface area contributed by atoms with Crippen LogP contribution in [-0.4, -0.2) is 34.7 Å². The smallest absolute Gasteiger partial charge is 0.389 e. The van der Waals surface area contributed by atoms with Crippen LogP contribution in [0.25, 0.3) is 0 Å². The average molecular weight is 296 g/mol. The zero-order chi connectivity index (χ0) is 14.5. The number of carbonyl (C=O) groups excluding carboxylic acids is 1. The number of thiazole rings is 1. The molecule has 1 heterocycles. The molecule has 1 amide bonds.